The third kappa shape index (κ3) is 2.79. The van der Waals surface area contributed by atoms with Gasteiger partial charge in [-0.25, -0.2) is 4.98 Å². The standard InChI is InChI=1S/C15H19N3O/c1-16-8-12-4-2-3-5-15(12)19-10-14-9-17-11-18(14)13-6-7-13/h2-5,9,11,13,16H,6-8,10H2,1H3. The van der Waals surface area contributed by atoms with Crippen LogP contribution in [0.2, 0.25) is 0 Å². The van der Waals surface area contributed by atoms with Gasteiger partial charge in [0.1, 0.15) is 12.4 Å². The highest BCUT2D eigenvalue weighted by molar-refractivity contribution is 5.33. The second-order valence-electron chi connectivity index (χ2n) is 4.95. The largest absolute Gasteiger partial charge is 0.487 e. The van der Waals surface area contributed by atoms with Gasteiger partial charge >= 0.3 is 0 Å². The Labute approximate surface area is 113 Å². The molecule has 1 N–H and O–H groups in total. The van der Waals surface area contributed by atoms with Crippen molar-refractivity contribution >= 4 is 0 Å². The molecule has 0 atom stereocenters. The van der Waals surface area contributed by atoms with Crippen LogP contribution in [0.15, 0.2) is 36.8 Å². The molecule has 1 saturated carbocycles. The van der Waals surface area contributed by atoms with Crippen molar-refractivity contribution in [2.75, 3.05) is 7.05 Å². The van der Waals surface area contributed by atoms with Crippen molar-refractivity contribution in [3.05, 3.63) is 48.0 Å². The fourth-order valence-electron chi connectivity index (χ4n) is 2.26. The third-order valence-corrected chi connectivity index (χ3v) is 3.40. The first-order chi connectivity index (χ1) is 9.38. The molecule has 1 aromatic heterocycles. The fraction of sp³-hybridized carbons (Fsp3) is 0.400. The second kappa shape index (κ2) is 5.45. The van der Waals surface area contributed by atoms with Gasteiger partial charge in [-0.3, -0.25) is 0 Å². The van der Waals surface area contributed by atoms with E-state index in [1.807, 2.05) is 37.8 Å². The maximum absolute atomic E-state index is 5.95. The summed E-state index contributed by atoms with van der Waals surface area (Å²) in [4.78, 5) is 4.23. The van der Waals surface area contributed by atoms with Gasteiger partial charge in [0.15, 0.2) is 0 Å². The molecule has 3 rings (SSSR count). The summed E-state index contributed by atoms with van der Waals surface area (Å²) in [6, 6.07) is 8.79. The topological polar surface area (TPSA) is 39.1 Å². The maximum atomic E-state index is 5.95. The van der Waals surface area contributed by atoms with E-state index in [4.69, 9.17) is 4.74 Å². The smallest absolute Gasteiger partial charge is 0.130 e. The summed E-state index contributed by atoms with van der Waals surface area (Å²) >= 11 is 0. The first-order valence-electron chi connectivity index (χ1n) is 6.74. The fourth-order valence-corrected chi connectivity index (χ4v) is 2.26. The zero-order valence-electron chi connectivity index (χ0n) is 11.2. The number of rotatable bonds is 6. The number of ether oxygens (including phenoxy) is 1. The molecule has 0 aliphatic heterocycles. The van der Waals surface area contributed by atoms with Crippen molar-refractivity contribution in [3.63, 3.8) is 0 Å². The van der Waals surface area contributed by atoms with Crippen molar-refractivity contribution in [1.29, 1.82) is 0 Å². The van der Waals surface area contributed by atoms with E-state index in [2.05, 4.69) is 20.9 Å². The van der Waals surface area contributed by atoms with E-state index in [0.29, 0.717) is 12.6 Å². The van der Waals surface area contributed by atoms with Crippen molar-refractivity contribution in [2.45, 2.75) is 32.0 Å². The summed E-state index contributed by atoms with van der Waals surface area (Å²) in [6.45, 7) is 1.40. The number of hydrogen-bond donors (Lipinski definition) is 1. The predicted octanol–water partition coefficient (Wildman–Crippen LogP) is 2.52. The van der Waals surface area contributed by atoms with E-state index >= 15 is 0 Å². The molecule has 100 valence electrons. The lowest BCUT2D eigenvalue weighted by molar-refractivity contribution is 0.291. The first-order valence-corrected chi connectivity index (χ1v) is 6.74. The molecular formula is C15H19N3O. The van der Waals surface area contributed by atoms with Gasteiger partial charge in [-0.05, 0) is 26.0 Å². The lowest BCUT2D eigenvalue weighted by Gasteiger charge is -2.12. The molecule has 0 unspecified atom stereocenters. The van der Waals surface area contributed by atoms with Crippen LogP contribution in [0.5, 0.6) is 5.75 Å². The Hall–Kier alpha value is -1.81. The highest BCUT2D eigenvalue weighted by atomic mass is 16.5. The van der Waals surface area contributed by atoms with Gasteiger partial charge in [0.2, 0.25) is 0 Å². The molecule has 2 aromatic rings. The van der Waals surface area contributed by atoms with Gasteiger partial charge in [-0.15, -0.1) is 0 Å². The minimum Gasteiger partial charge on any atom is -0.487 e. The molecule has 19 heavy (non-hydrogen) atoms. The quantitative estimate of drug-likeness (QED) is 0.864. The van der Waals surface area contributed by atoms with Crippen molar-refractivity contribution in [2.24, 2.45) is 0 Å². The Bertz CT molecular complexity index is 546. The molecule has 1 aliphatic rings. The minimum atomic E-state index is 0.581. The van der Waals surface area contributed by atoms with Gasteiger partial charge in [-0.1, -0.05) is 18.2 Å². The van der Waals surface area contributed by atoms with E-state index < -0.39 is 0 Å². The monoisotopic (exact) mass is 257 g/mol. The molecule has 0 bridgehead atoms. The average Bonchev–Trinajstić information content (AvgIpc) is 3.17. The SMILES string of the molecule is CNCc1ccccc1OCc1cncn1C1CC1. The highest BCUT2D eigenvalue weighted by Crippen LogP contribution is 2.35. The summed E-state index contributed by atoms with van der Waals surface area (Å²) in [5.41, 5.74) is 2.34. The van der Waals surface area contributed by atoms with Gasteiger partial charge in [-0.2, -0.15) is 0 Å². The van der Waals surface area contributed by atoms with E-state index in [9.17, 15) is 0 Å². The number of nitrogens with one attached hydrogen (secondary N) is 1. The molecule has 4 heteroatoms. The number of para-hydroxylation sites is 1. The third-order valence-electron chi connectivity index (χ3n) is 3.40. The molecule has 1 aromatic carbocycles. The van der Waals surface area contributed by atoms with Crippen LogP contribution in [0.1, 0.15) is 30.1 Å². The minimum absolute atomic E-state index is 0.581. The lowest BCUT2D eigenvalue weighted by Crippen LogP contribution is -2.08. The van der Waals surface area contributed by atoms with Crippen LogP contribution < -0.4 is 10.1 Å². The zero-order chi connectivity index (χ0) is 13.1. The van der Waals surface area contributed by atoms with Crippen LogP contribution >= 0.6 is 0 Å². The number of nitrogens with zero attached hydrogens (tertiary/aromatic N) is 2. The highest BCUT2D eigenvalue weighted by Gasteiger charge is 2.25. The number of hydrogen-bond acceptors (Lipinski definition) is 3. The van der Waals surface area contributed by atoms with E-state index in [-0.39, 0.29) is 0 Å². The van der Waals surface area contributed by atoms with Crippen molar-refractivity contribution in [3.8, 4) is 5.75 Å². The van der Waals surface area contributed by atoms with Crippen LogP contribution in [-0.2, 0) is 13.2 Å². The van der Waals surface area contributed by atoms with E-state index in [1.54, 1.807) is 0 Å². The molecule has 1 heterocycles. The molecule has 1 fully saturated rings. The number of benzene rings is 1. The summed E-state index contributed by atoms with van der Waals surface area (Å²) in [7, 11) is 1.94. The number of imidazole rings is 1. The van der Waals surface area contributed by atoms with Crippen molar-refractivity contribution < 1.29 is 4.74 Å². The van der Waals surface area contributed by atoms with E-state index in [1.165, 1.54) is 18.4 Å². The van der Waals surface area contributed by atoms with Crippen LogP contribution in [-0.4, -0.2) is 16.6 Å². The van der Waals surface area contributed by atoms with Crippen LogP contribution in [0.25, 0.3) is 0 Å². The Kier molecular flexibility index (Phi) is 3.51. The summed E-state index contributed by atoms with van der Waals surface area (Å²) < 4.78 is 8.19. The Balaban J connectivity index is 1.70. The second-order valence-corrected chi connectivity index (χ2v) is 4.95. The van der Waals surface area contributed by atoms with Crippen LogP contribution in [0.4, 0.5) is 0 Å². The average molecular weight is 257 g/mol. The molecule has 0 amide bonds. The lowest BCUT2D eigenvalue weighted by atomic mass is 10.2. The van der Waals surface area contributed by atoms with Gasteiger partial charge < -0.3 is 14.6 Å². The predicted molar refractivity (Wildman–Crippen MR) is 74.0 cm³/mol. The molecule has 0 spiro atoms. The first kappa shape index (κ1) is 12.2. The molecule has 0 radical (unpaired) electrons. The van der Waals surface area contributed by atoms with Gasteiger partial charge in [0.25, 0.3) is 0 Å². The molecular weight excluding hydrogens is 238 g/mol. The Morgan fingerprint density at radius 1 is 1.37 bits per heavy atom. The van der Waals surface area contributed by atoms with Crippen LogP contribution in [0, 0.1) is 0 Å². The Morgan fingerprint density at radius 2 is 2.21 bits per heavy atom. The van der Waals surface area contributed by atoms with Crippen molar-refractivity contribution in [1.82, 2.24) is 14.9 Å². The molecule has 4 nitrogen and oxygen atoms in total. The maximum Gasteiger partial charge on any atom is 0.130 e. The summed E-state index contributed by atoms with van der Waals surface area (Å²) in [5.74, 6) is 0.945. The zero-order valence-corrected chi connectivity index (χ0v) is 11.2. The summed E-state index contributed by atoms with van der Waals surface area (Å²) in [6.07, 6.45) is 6.34. The number of aromatic nitrogens is 2. The van der Waals surface area contributed by atoms with Crippen LogP contribution in [0.3, 0.4) is 0 Å². The van der Waals surface area contributed by atoms with Gasteiger partial charge in [0, 0.05) is 18.2 Å². The van der Waals surface area contributed by atoms with Gasteiger partial charge in [0.05, 0.1) is 18.2 Å². The van der Waals surface area contributed by atoms with E-state index in [0.717, 1.165) is 18.0 Å². The molecule has 1 aliphatic carbocycles. The molecule has 0 saturated heterocycles. The summed E-state index contributed by atoms with van der Waals surface area (Å²) in [5, 5.41) is 3.16. The normalized spacial score (nSPS) is 14.6. The Morgan fingerprint density at radius 3 is 3.00 bits per heavy atom.